The van der Waals surface area contributed by atoms with Crippen LogP contribution in [-0.4, -0.2) is 58.8 Å². The molecule has 0 fully saturated rings. The fourth-order valence-corrected chi connectivity index (χ4v) is 4.19. The SMILES string of the molecule is CCCCCCCCCCCC/C=C/CCC[N+](CCC(=O)[O-])(CCC(=O)O)CCC(=O)O. The van der Waals surface area contributed by atoms with E-state index in [1.165, 1.54) is 64.2 Å². The predicted molar refractivity (Wildman–Crippen MR) is 129 cm³/mol. The lowest BCUT2D eigenvalue weighted by atomic mass is 10.1. The molecular weight excluding hydrogens is 422 g/mol. The third-order valence-corrected chi connectivity index (χ3v) is 6.28. The van der Waals surface area contributed by atoms with Crippen molar-refractivity contribution in [2.75, 3.05) is 26.2 Å². The van der Waals surface area contributed by atoms with Gasteiger partial charge in [-0.3, -0.25) is 9.59 Å². The van der Waals surface area contributed by atoms with Crippen molar-refractivity contribution in [3.63, 3.8) is 0 Å². The summed E-state index contributed by atoms with van der Waals surface area (Å²) in [4.78, 5) is 33.1. The molecule has 0 aliphatic heterocycles. The molecule has 0 heterocycles. The highest BCUT2D eigenvalue weighted by Crippen LogP contribution is 2.15. The van der Waals surface area contributed by atoms with Gasteiger partial charge in [-0.2, -0.15) is 0 Å². The fraction of sp³-hybridized carbons (Fsp3) is 0.808. The lowest BCUT2D eigenvalue weighted by Crippen LogP contribution is -2.52. The molecule has 0 aliphatic rings. The van der Waals surface area contributed by atoms with Crippen LogP contribution in [0.5, 0.6) is 0 Å². The summed E-state index contributed by atoms with van der Waals surface area (Å²) in [7, 11) is 0. The number of unbranched alkanes of at least 4 members (excludes halogenated alkanes) is 11. The standard InChI is InChI=1S/C26H47NO6/c1-2-3-4-5-6-7-8-9-10-11-12-13-14-15-16-20-27(21-17-24(28)29,22-18-25(30)31)23-19-26(32)33/h13-14H,2-12,15-23H2,1H3,(H2-,28,29,30,31,32,33)/b14-13+. The van der Waals surface area contributed by atoms with Gasteiger partial charge in [0.1, 0.15) is 0 Å². The van der Waals surface area contributed by atoms with Crippen molar-refractivity contribution >= 4 is 17.9 Å². The number of allylic oxidation sites excluding steroid dienone is 2. The summed E-state index contributed by atoms with van der Waals surface area (Å²) < 4.78 is 0.193. The van der Waals surface area contributed by atoms with E-state index < -0.39 is 17.9 Å². The Morgan fingerprint density at radius 2 is 1.06 bits per heavy atom. The number of carbonyl (C=O) groups excluding carboxylic acids is 1. The molecule has 0 unspecified atom stereocenters. The number of carboxylic acid groups (broad SMARTS) is 3. The van der Waals surface area contributed by atoms with Gasteiger partial charge in [0.05, 0.1) is 39.0 Å². The Balaban J connectivity index is 4.23. The molecule has 0 aliphatic carbocycles. The number of quaternary nitrogens is 1. The Labute approximate surface area is 200 Å². The molecule has 0 saturated heterocycles. The Hall–Kier alpha value is -1.89. The van der Waals surface area contributed by atoms with Gasteiger partial charge in [-0.05, 0) is 19.3 Å². The second kappa shape index (κ2) is 20.7. The molecule has 33 heavy (non-hydrogen) atoms. The summed E-state index contributed by atoms with van der Waals surface area (Å²) in [5, 5.41) is 29.1. The van der Waals surface area contributed by atoms with Gasteiger partial charge in [-0.15, -0.1) is 0 Å². The average molecular weight is 470 g/mol. The first-order valence-corrected chi connectivity index (χ1v) is 12.9. The highest BCUT2D eigenvalue weighted by atomic mass is 16.4. The minimum atomic E-state index is -1.19. The van der Waals surface area contributed by atoms with Crippen molar-refractivity contribution in [2.24, 2.45) is 0 Å². The van der Waals surface area contributed by atoms with E-state index in [2.05, 4.69) is 19.1 Å². The van der Waals surface area contributed by atoms with E-state index in [0.717, 1.165) is 19.3 Å². The van der Waals surface area contributed by atoms with Crippen molar-refractivity contribution < 1.29 is 34.2 Å². The molecular formula is C26H47NO6. The monoisotopic (exact) mass is 469 g/mol. The first-order chi connectivity index (χ1) is 15.8. The maximum Gasteiger partial charge on any atom is 0.309 e. The average Bonchev–Trinajstić information content (AvgIpc) is 2.76. The molecule has 192 valence electrons. The molecule has 0 aromatic rings. The summed E-state index contributed by atoms with van der Waals surface area (Å²) in [6, 6.07) is 0. The van der Waals surface area contributed by atoms with Gasteiger partial charge in [0.25, 0.3) is 0 Å². The van der Waals surface area contributed by atoms with Gasteiger partial charge in [0.2, 0.25) is 0 Å². The molecule has 7 nitrogen and oxygen atoms in total. The molecule has 7 heteroatoms. The lowest BCUT2D eigenvalue weighted by molar-refractivity contribution is -0.927. The van der Waals surface area contributed by atoms with Gasteiger partial charge < -0.3 is 24.6 Å². The Morgan fingerprint density at radius 1 is 0.636 bits per heavy atom. The minimum Gasteiger partial charge on any atom is -0.550 e. The summed E-state index contributed by atoms with van der Waals surface area (Å²) >= 11 is 0. The normalized spacial score (nSPS) is 11.8. The van der Waals surface area contributed by atoms with Crippen LogP contribution in [0.25, 0.3) is 0 Å². The molecule has 0 aromatic heterocycles. The number of carboxylic acids is 3. The second-order valence-corrected chi connectivity index (χ2v) is 9.23. The summed E-state index contributed by atoms with van der Waals surface area (Å²) in [6.07, 6.45) is 19.7. The molecule has 0 spiro atoms. The fourth-order valence-electron chi connectivity index (χ4n) is 4.19. The Morgan fingerprint density at radius 3 is 1.52 bits per heavy atom. The number of nitrogens with zero attached hydrogens (tertiary/aromatic N) is 1. The number of rotatable bonds is 24. The van der Waals surface area contributed by atoms with Crippen LogP contribution in [0.15, 0.2) is 12.2 Å². The van der Waals surface area contributed by atoms with Crippen LogP contribution in [0.3, 0.4) is 0 Å². The van der Waals surface area contributed by atoms with Crippen LogP contribution >= 0.6 is 0 Å². The van der Waals surface area contributed by atoms with E-state index in [4.69, 9.17) is 10.2 Å². The number of carbonyl (C=O) groups is 3. The first-order valence-electron chi connectivity index (χ1n) is 12.9. The third-order valence-electron chi connectivity index (χ3n) is 6.28. The van der Waals surface area contributed by atoms with Crippen LogP contribution < -0.4 is 5.11 Å². The van der Waals surface area contributed by atoms with E-state index in [1.807, 2.05) is 0 Å². The zero-order chi connectivity index (χ0) is 24.8. The predicted octanol–water partition coefficient (Wildman–Crippen LogP) is 4.54. The van der Waals surface area contributed by atoms with Crippen LogP contribution in [0.1, 0.15) is 110 Å². The van der Waals surface area contributed by atoms with Crippen LogP contribution in [0, 0.1) is 0 Å². The summed E-state index contributed by atoms with van der Waals surface area (Å²) in [6.45, 7) is 3.48. The van der Waals surface area contributed by atoms with Gasteiger partial charge in [0.15, 0.2) is 0 Å². The molecule has 0 saturated carbocycles. The highest BCUT2D eigenvalue weighted by molar-refractivity contribution is 5.67. The Kier molecular flexibility index (Phi) is 19.5. The van der Waals surface area contributed by atoms with Crippen molar-refractivity contribution in [1.82, 2.24) is 0 Å². The van der Waals surface area contributed by atoms with Crippen LogP contribution in [0.4, 0.5) is 0 Å². The molecule has 0 bridgehead atoms. The van der Waals surface area contributed by atoms with Crippen LogP contribution in [0.2, 0.25) is 0 Å². The Bertz CT molecular complexity index is 515. The largest absolute Gasteiger partial charge is 0.550 e. The minimum absolute atomic E-state index is 0.110. The maximum atomic E-state index is 11.1. The second-order valence-electron chi connectivity index (χ2n) is 9.23. The van der Waals surface area contributed by atoms with Crippen molar-refractivity contribution in [3.05, 3.63) is 12.2 Å². The van der Waals surface area contributed by atoms with Gasteiger partial charge >= 0.3 is 11.9 Å². The van der Waals surface area contributed by atoms with Crippen molar-refractivity contribution in [1.29, 1.82) is 0 Å². The quantitative estimate of drug-likeness (QED) is 0.122. The zero-order valence-corrected chi connectivity index (χ0v) is 20.8. The van der Waals surface area contributed by atoms with Crippen molar-refractivity contribution in [3.8, 4) is 0 Å². The zero-order valence-electron chi connectivity index (χ0n) is 20.8. The van der Waals surface area contributed by atoms with E-state index in [1.54, 1.807) is 0 Å². The van der Waals surface area contributed by atoms with E-state index in [0.29, 0.717) is 6.54 Å². The molecule has 0 radical (unpaired) electrons. The number of aliphatic carboxylic acids is 3. The molecule has 0 aromatic carbocycles. The van der Waals surface area contributed by atoms with E-state index >= 15 is 0 Å². The maximum absolute atomic E-state index is 11.1. The highest BCUT2D eigenvalue weighted by Gasteiger charge is 2.28. The molecule has 2 N–H and O–H groups in total. The summed E-state index contributed by atoms with van der Waals surface area (Å²) in [5.74, 6) is -3.12. The first kappa shape index (κ1) is 31.1. The summed E-state index contributed by atoms with van der Waals surface area (Å²) in [5.41, 5.74) is 0. The van der Waals surface area contributed by atoms with Crippen LogP contribution in [-0.2, 0) is 14.4 Å². The number of hydrogen-bond acceptors (Lipinski definition) is 4. The van der Waals surface area contributed by atoms with Gasteiger partial charge in [-0.1, -0.05) is 76.9 Å². The topological polar surface area (TPSA) is 115 Å². The molecule has 0 rings (SSSR count). The smallest absolute Gasteiger partial charge is 0.309 e. The number of hydrogen-bond donors (Lipinski definition) is 2. The lowest BCUT2D eigenvalue weighted by Gasteiger charge is -2.38. The van der Waals surface area contributed by atoms with Gasteiger partial charge in [-0.25, -0.2) is 0 Å². The van der Waals surface area contributed by atoms with Gasteiger partial charge in [0, 0.05) is 18.8 Å². The van der Waals surface area contributed by atoms with E-state index in [-0.39, 0.29) is 43.4 Å². The molecule has 0 amide bonds. The van der Waals surface area contributed by atoms with E-state index in [9.17, 15) is 19.5 Å². The third kappa shape index (κ3) is 20.4. The molecule has 0 atom stereocenters. The van der Waals surface area contributed by atoms with Crippen molar-refractivity contribution in [2.45, 2.75) is 110 Å².